The highest BCUT2D eigenvalue weighted by Gasteiger charge is 2.27. The molecule has 0 bridgehead atoms. The summed E-state index contributed by atoms with van der Waals surface area (Å²) in [5.74, 6) is 1.09. The molecule has 0 amide bonds. The molecule has 2 heterocycles. The zero-order valence-electron chi connectivity index (χ0n) is 7.56. The van der Waals surface area contributed by atoms with E-state index in [4.69, 9.17) is 15.0 Å². The van der Waals surface area contributed by atoms with Crippen LogP contribution in [-0.4, -0.2) is 22.9 Å². The molecule has 1 aromatic heterocycles. The lowest BCUT2D eigenvalue weighted by Crippen LogP contribution is -2.26. The predicted molar refractivity (Wildman–Crippen MR) is 44.9 cm³/mol. The van der Waals surface area contributed by atoms with E-state index in [9.17, 15) is 0 Å². The van der Waals surface area contributed by atoms with Gasteiger partial charge in [0.25, 0.3) is 0 Å². The summed E-state index contributed by atoms with van der Waals surface area (Å²) >= 11 is 0. The molecule has 0 radical (unpaired) electrons. The summed E-state index contributed by atoms with van der Waals surface area (Å²) in [6.45, 7) is 2.54. The first-order valence-corrected chi connectivity index (χ1v) is 4.45. The average molecular weight is 183 g/mol. The van der Waals surface area contributed by atoms with Crippen LogP contribution in [-0.2, 0) is 4.74 Å². The summed E-state index contributed by atoms with van der Waals surface area (Å²) in [5.41, 5.74) is 5.90. The summed E-state index contributed by atoms with van der Waals surface area (Å²) in [4.78, 5) is 4.07. The topological polar surface area (TPSA) is 74.2 Å². The predicted octanol–water partition coefficient (Wildman–Crippen LogP) is 0.557. The van der Waals surface area contributed by atoms with Crippen LogP contribution in [0.4, 0.5) is 0 Å². The molecule has 1 aliphatic rings. The summed E-state index contributed by atoms with van der Waals surface area (Å²) in [5, 5.41) is 3.77. The van der Waals surface area contributed by atoms with E-state index in [1.165, 1.54) is 0 Å². The van der Waals surface area contributed by atoms with Crippen molar-refractivity contribution in [1.29, 1.82) is 0 Å². The van der Waals surface area contributed by atoms with Crippen molar-refractivity contribution in [1.82, 2.24) is 10.1 Å². The second kappa shape index (κ2) is 3.43. The van der Waals surface area contributed by atoms with Crippen LogP contribution in [0.3, 0.4) is 0 Å². The molecule has 2 atom stereocenters. The molecule has 0 aliphatic carbocycles. The van der Waals surface area contributed by atoms with Crippen LogP contribution in [0.5, 0.6) is 0 Å². The van der Waals surface area contributed by atoms with Gasteiger partial charge in [-0.2, -0.15) is 4.98 Å². The fourth-order valence-electron chi connectivity index (χ4n) is 1.50. The lowest BCUT2D eigenvalue weighted by atomic mass is 10.1. The van der Waals surface area contributed by atoms with Gasteiger partial charge < -0.3 is 15.0 Å². The maximum absolute atomic E-state index is 5.90. The first-order chi connectivity index (χ1) is 6.27. The second-order valence-electron chi connectivity index (χ2n) is 3.25. The molecule has 2 N–H and O–H groups in total. The first-order valence-electron chi connectivity index (χ1n) is 4.45. The van der Waals surface area contributed by atoms with Crippen molar-refractivity contribution in [2.75, 3.05) is 6.61 Å². The van der Waals surface area contributed by atoms with Gasteiger partial charge in [-0.25, -0.2) is 0 Å². The van der Waals surface area contributed by atoms with Crippen molar-refractivity contribution in [2.45, 2.75) is 31.9 Å². The van der Waals surface area contributed by atoms with Crippen molar-refractivity contribution in [3.8, 4) is 0 Å². The van der Waals surface area contributed by atoms with E-state index in [0.29, 0.717) is 11.7 Å². The van der Waals surface area contributed by atoms with Gasteiger partial charge in [-0.3, -0.25) is 0 Å². The molecule has 5 nitrogen and oxygen atoms in total. The first kappa shape index (κ1) is 8.65. The van der Waals surface area contributed by atoms with Gasteiger partial charge in [0, 0.05) is 13.5 Å². The molecule has 1 fully saturated rings. The molecule has 72 valence electrons. The maximum Gasteiger partial charge on any atom is 0.223 e. The summed E-state index contributed by atoms with van der Waals surface area (Å²) in [7, 11) is 0. The monoisotopic (exact) mass is 183 g/mol. The molecule has 1 aliphatic heterocycles. The van der Waals surface area contributed by atoms with Gasteiger partial charge in [-0.05, 0) is 12.8 Å². The number of nitrogens with two attached hydrogens (primary N) is 1. The number of hydrogen-bond acceptors (Lipinski definition) is 5. The third kappa shape index (κ3) is 1.71. The smallest absolute Gasteiger partial charge is 0.223 e. The molecule has 13 heavy (non-hydrogen) atoms. The lowest BCUT2D eigenvalue weighted by Gasteiger charge is -2.13. The van der Waals surface area contributed by atoms with Gasteiger partial charge in [-0.15, -0.1) is 0 Å². The minimum atomic E-state index is -0.250. The minimum Gasteiger partial charge on any atom is -0.376 e. The third-order valence-corrected chi connectivity index (χ3v) is 2.21. The van der Waals surface area contributed by atoms with Crippen LogP contribution >= 0.6 is 0 Å². The highest BCUT2D eigenvalue weighted by atomic mass is 16.5. The van der Waals surface area contributed by atoms with Crippen molar-refractivity contribution in [3.63, 3.8) is 0 Å². The fourth-order valence-corrected chi connectivity index (χ4v) is 1.50. The van der Waals surface area contributed by atoms with Gasteiger partial charge in [0.05, 0.1) is 12.1 Å². The molecular formula is C8H13N3O2. The Hall–Kier alpha value is -0.940. The van der Waals surface area contributed by atoms with Crippen LogP contribution < -0.4 is 5.73 Å². The van der Waals surface area contributed by atoms with Gasteiger partial charge >= 0.3 is 0 Å². The highest BCUT2D eigenvalue weighted by molar-refractivity contribution is 4.96. The molecule has 0 unspecified atom stereocenters. The Morgan fingerprint density at radius 3 is 3.00 bits per heavy atom. The molecule has 0 saturated carbocycles. The van der Waals surface area contributed by atoms with Crippen molar-refractivity contribution >= 4 is 0 Å². The Balaban J connectivity index is 2.07. The molecule has 1 saturated heterocycles. The number of aromatic nitrogens is 2. The number of rotatable bonds is 2. The number of nitrogens with zero attached hydrogens (tertiary/aromatic N) is 2. The van der Waals surface area contributed by atoms with Crippen LogP contribution in [0, 0.1) is 6.92 Å². The molecule has 0 aromatic carbocycles. The molecule has 1 aromatic rings. The van der Waals surface area contributed by atoms with Crippen molar-refractivity contribution < 1.29 is 9.26 Å². The molecule has 5 heteroatoms. The van der Waals surface area contributed by atoms with Gasteiger partial charge in [0.1, 0.15) is 0 Å². The summed E-state index contributed by atoms with van der Waals surface area (Å²) in [6.07, 6.45) is 2.10. The second-order valence-corrected chi connectivity index (χ2v) is 3.25. The van der Waals surface area contributed by atoms with Crippen LogP contribution in [0.1, 0.15) is 30.6 Å². The third-order valence-electron chi connectivity index (χ3n) is 2.21. The van der Waals surface area contributed by atoms with Gasteiger partial charge in [-0.1, -0.05) is 5.16 Å². The van der Waals surface area contributed by atoms with E-state index in [1.807, 2.05) is 0 Å². The van der Waals surface area contributed by atoms with Crippen molar-refractivity contribution in [3.05, 3.63) is 11.7 Å². The zero-order valence-corrected chi connectivity index (χ0v) is 7.56. The van der Waals surface area contributed by atoms with Crippen LogP contribution in [0.25, 0.3) is 0 Å². The molecular weight excluding hydrogens is 170 g/mol. The lowest BCUT2D eigenvalue weighted by molar-refractivity contribution is 0.0870. The summed E-state index contributed by atoms with van der Waals surface area (Å²) < 4.78 is 10.3. The number of ether oxygens (including phenoxy) is 1. The Bertz CT molecular complexity index is 281. The normalized spacial score (nSPS) is 24.9. The van der Waals surface area contributed by atoms with E-state index < -0.39 is 0 Å². The van der Waals surface area contributed by atoms with Gasteiger partial charge in [0.15, 0.2) is 5.82 Å². The van der Waals surface area contributed by atoms with E-state index in [1.54, 1.807) is 6.92 Å². The van der Waals surface area contributed by atoms with E-state index in [0.717, 1.165) is 19.4 Å². The SMILES string of the molecule is Cc1nc([C@@H](N)[C@@H]2CCCO2)no1. The largest absolute Gasteiger partial charge is 0.376 e. The quantitative estimate of drug-likeness (QED) is 0.725. The molecule has 0 spiro atoms. The standard InChI is InChI=1S/C8H13N3O2/c1-5-10-8(11-13-5)7(9)6-3-2-4-12-6/h6-7H,2-4,9H2,1H3/t6-,7-/m0/s1. The van der Waals surface area contributed by atoms with E-state index in [-0.39, 0.29) is 12.1 Å². The summed E-state index contributed by atoms with van der Waals surface area (Å²) in [6, 6.07) is -0.250. The number of hydrogen-bond donors (Lipinski definition) is 1. The van der Waals surface area contributed by atoms with E-state index in [2.05, 4.69) is 10.1 Å². The average Bonchev–Trinajstić information content (AvgIpc) is 2.72. The van der Waals surface area contributed by atoms with E-state index >= 15 is 0 Å². The fraction of sp³-hybridized carbons (Fsp3) is 0.750. The Labute approximate surface area is 76.3 Å². The number of aryl methyl sites for hydroxylation is 1. The Morgan fingerprint density at radius 2 is 2.46 bits per heavy atom. The Kier molecular flexibility index (Phi) is 2.28. The molecule has 2 rings (SSSR count). The van der Waals surface area contributed by atoms with Crippen LogP contribution in [0.15, 0.2) is 4.52 Å². The van der Waals surface area contributed by atoms with Gasteiger partial charge in [0.2, 0.25) is 5.89 Å². The van der Waals surface area contributed by atoms with Crippen molar-refractivity contribution in [2.24, 2.45) is 5.73 Å². The zero-order chi connectivity index (χ0) is 9.26. The maximum atomic E-state index is 5.90. The highest BCUT2D eigenvalue weighted by Crippen LogP contribution is 2.22. The minimum absolute atomic E-state index is 0.0528. The van der Waals surface area contributed by atoms with Crippen LogP contribution in [0.2, 0.25) is 0 Å². The Morgan fingerprint density at radius 1 is 1.62 bits per heavy atom.